The predicted molar refractivity (Wildman–Crippen MR) is 72.6 cm³/mol. The maximum Gasteiger partial charge on any atom is 0.337 e. The summed E-state index contributed by atoms with van der Waals surface area (Å²) in [4.78, 5) is 15.0. The van der Waals surface area contributed by atoms with E-state index in [2.05, 4.69) is 10.3 Å². The third-order valence-electron chi connectivity index (χ3n) is 3.70. The van der Waals surface area contributed by atoms with E-state index >= 15 is 0 Å². The molecule has 6 heteroatoms. The smallest absolute Gasteiger partial charge is 0.337 e. The molecule has 1 heterocycles. The molecule has 1 aromatic rings. The van der Waals surface area contributed by atoms with Gasteiger partial charge in [-0.2, -0.15) is 0 Å². The van der Waals surface area contributed by atoms with Crippen LogP contribution in [-0.2, 0) is 0 Å². The van der Waals surface area contributed by atoms with Gasteiger partial charge in [-0.25, -0.2) is 9.78 Å². The van der Waals surface area contributed by atoms with Crippen LogP contribution in [0.15, 0.2) is 12.3 Å². The van der Waals surface area contributed by atoms with Crippen molar-refractivity contribution in [2.45, 2.75) is 19.3 Å². The zero-order chi connectivity index (χ0) is 13.8. The molecular weight excluding hydrogens is 268 g/mol. The van der Waals surface area contributed by atoms with Crippen LogP contribution >= 0.6 is 11.6 Å². The van der Waals surface area contributed by atoms with Gasteiger partial charge in [0.2, 0.25) is 0 Å². The maximum absolute atomic E-state index is 11.0. The van der Waals surface area contributed by atoms with Gasteiger partial charge in [0.15, 0.2) is 0 Å². The molecule has 0 radical (unpaired) electrons. The highest BCUT2D eigenvalue weighted by Gasteiger charge is 2.26. The molecule has 2 atom stereocenters. The number of aromatic carboxylic acids is 1. The number of hydrogen-bond donors (Lipinski definition) is 3. The minimum Gasteiger partial charge on any atom is -0.478 e. The number of nitrogens with one attached hydrogen (secondary N) is 1. The van der Waals surface area contributed by atoms with Crippen molar-refractivity contribution < 1.29 is 15.0 Å². The van der Waals surface area contributed by atoms with E-state index < -0.39 is 5.97 Å². The molecule has 104 valence electrons. The van der Waals surface area contributed by atoms with Crippen molar-refractivity contribution in [3.05, 3.63) is 22.8 Å². The van der Waals surface area contributed by atoms with Gasteiger partial charge in [0.05, 0.1) is 10.6 Å². The molecule has 5 nitrogen and oxygen atoms in total. The number of carboxylic acids is 1. The summed E-state index contributed by atoms with van der Waals surface area (Å²) in [5.74, 6) is 0.0278. The van der Waals surface area contributed by atoms with Crippen molar-refractivity contribution in [3.63, 3.8) is 0 Å². The summed E-state index contributed by atoms with van der Waals surface area (Å²) in [5.41, 5.74) is 0.0456. The number of nitrogens with zero attached hydrogens (tertiary/aromatic N) is 1. The molecule has 0 amide bonds. The minimum absolute atomic E-state index is 0.0456. The van der Waals surface area contributed by atoms with Crippen LogP contribution < -0.4 is 5.32 Å². The predicted octanol–water partition coefficient (Wildman–Crippen LogP) is 2.25. The van der Waals surface area contributed by atoms with Crippen LogP contribution in [0.5, 0.6) is 0 Å². The molecule has 3 N–H and O–H groups in total. The van der Waals surface area contributed by atoms with Gasteiger partial charge in [0.1, 0.15) is 5.82 Å². The minimum atomic E-state index is -1.07. The highest BCUT2D eigenvalue weighted by Crippen LogP contribution is 2.32. The number of halogens is 1. The largest absolute Gasteiger partial charge is 0.478 e. The molecular formula is C13H17ClN2O3. The van der Waals surface area contributed by atoms with Gasteiger partial charge in [0.25, 0.3) is 0 Å². The first-order valence-electron chi connectivity index (χ1n) is 6.36. The van der Waals surface area contributed by atoms with Gasteiger partial charge < -0.3 is 15.5 Å². The molecule has 1 fully saturated rings. The Hall–Kier alpha value is -1.33. The molecule has 0 aromatic carbocycles. The molecule has 0 bridgehead atoms. The molecule has 0 spiro atoms. The summed E-state index contributed by atoms with van der Waals surface area (Å²) < 4.78 is 0. The highest BCUT2D eigenvalue weighted by atomic mass is 35.5. The molecule has 2 unspecified atom stereocenters. The molecule has 1 saturated carbocycles. The SMILES string of the molecule is O=C(O)c1ccnc(NCC2CCCC2CO)c1Cl. The summed E-state index contributed by atoms with van der Waals surface area (Å²) in [5, 5.41) is 21.5. The third kappa shape index (κ3) is 3.16. The zero-order valence-electron chi connectivity index (χ0n) is 10.5. The summed E-state index contributed by atoms with van der Waals surface area (Å²) in [6.07, 6.45) is 4.65. The van der Waals surface area contributed by atoms with E-state index in [9.17, 15) is 9.90 Å². The number of aliphatic hydroxyl groups is 1. The van der Waals surface area contributed by atoms with Crippen molar-refractivity contribution in [2.24, 2.45) is 11.8 Å². The summed E-state index contributed by atoms with van der Waals surface area (Å²) in [7, 11) is 0. The Morgan fingerprint density at radius 3 is 2.89 bits per heavy atom. The van der Waals surface area contributed by atoms with E-state index in [4.69, 9.17) is 16.7 Å². The molecule has 19 heavy (non-hydrogen) atoms. The lowest BCUT2D eigenvalue weighted by Gasteiger charge is -2.18. The Labute approximate surface area is 116 Å². The second-order valence-corrected chi connectivity index (χ2v) is 5.22. The van der Waals surface area contributed by atoms with E-state index in [0.29, 0.717) is 24.2 Å². The lowest BCUT2D eigenvalue weighted by atomic mass is 9.97. The Morgan fingerprint density at radius 1 is 1.47 bits per heavy atom. The Bertz CT molecular complexity index is 467. The second-order valence-electron chi connectivity index (χ2n) is 4.84. The lowest BCUT2D eigenvalue weighted by Crippen LogP contribution is -2.21. The van der Waals surface area contributed by atoms with Crippen LogP contribution in [0.2, 0.25) is 5.02 Å². The summed E-state index contributed by atoms with van der Waals surface area (Å²) in [6.45, 7) is 0.851. The number of pyridine rings is 1. The van der Waals surface area contributed by atoms with Crippen LogP contribution in [0, 0.1) is 11.8 Å². The lowest BCUT2D eigenvalue weighted by molar-refractivity contribution is 0.0697. The number of anilines is 1. The fourth-order valence-electron chi connectivity index (χ4n) is 2.58. The number of hydrogen-bond acceptors (Lipinski definition) is 4. The molecule has 2 rings (SSSR count). The third-order valence-corrected chi connectivity index (χ3v) is 4.08. The van der Waals surface area contributed by atoms with Crippen molar-refractivity contribution in [2.75, 3.05) is 18.5 Å². The Morgan fingerprint density at radius 2 is 2.21 bits per heavy atom. The van der Waals surface area contributed by atoms with Crippen molar-refractivity contribution in [1.29, 1.82) is 0 Å². The Kier molecular flexibility index (Phi) is 4.61. The van der Waals surface area contributed by atoms with E-state index in [-0.39, 0.29) is 17.2 Å². The number of aromatic nitrogens is 1. The van der Waals surface area contributed by atoms with Crippen LogP contribution in [-0.4, -0.2) is 34.3 Å². The Balaban J connectivity index is 2.03. The van der Waals surface area contributed by atoms with Crippen molar-refractivity contribution in [1.82, 2.24) is 4.98 Å². The van der Waals surface area contributed by atoms with Gasteiger partial charge >= 0.3 is 5.97 Å². The number of carboxylic acid groups (broad SMARTS) is 1. The molecule has 0 saturated heterocycles. The molecule has 1 aromatic heterocycles. The van der Waals surface area contributed by atoms with Crippen LogP contribution in [0.4, 0.5) is 5.82 Å². The number of carbonyl (C=O) groups is 1. The maximum atomic E-state index is 11.0. The standard InChI is InChI=1S/C13H17ClN2O3/c14-11-10(13(18)19)4-5-15-12(11)16-6-8-2-1-3-9(8)7-17/h4-5,8-9,17H,1-3,6-7H2,(H,15,16)(H,18,19). The van der Waals surface area contributed by atoms with Gasteiger partial charge in [0, 0.05) is 19.3 Å². The van der Waals surface area contributed by atoms with Gasteiger partial charge in [-0.1, -0.05) is 18.0 Å². The first kappa shape index (κ1) is 14.1. The van der Waals surface area contributed by atoms with Gasteiger partial charge in [-0.15, -0.1) is 0 Å². The van der Waals surface area contributed by atoms with Crippen LogP contribution in [0.3, 0.4) is 0 Å². The monoisotopic (exact) mass is 284 g/mol. The normalized spacial score (nSPS) is 22.4. The van der Waals surface area contributed by atoms with E-state index in [1.165, 1.54) is 12.3 Å². The van der Waals surface area contributed by atoms with Crippen molar-refractivity contribution in [3.8, 4) is 0 Å². The fourth-order valence-corrected chi connectivity index (χ4v) is 2.84. The summed E-state index contributed by atoms with van der Waals surface area (Å²) in [6, 6.07) is 1.38. The van der Waals surface area contributed by atoms with Gasteiger partial charge in [-0.3, -0.25) is 0 Å². The van der Waals surface area contributed by atoms with E-state index in [1.807, 2.05) is 0 Å². The number of aliphatic hydroxyl groups excluding tert-OH is 1. The number of rotatable bonds is 5. The topological polar surface area (TPSA) is 82.5 Å². The average Bonchev–Trinajstić information content (AvgIpc) is 2.84. The van der Waals surface area contributed by atoms with E-state index in [0.717, 1.165) is 19.3 Å². The quantitative estimate of drug-likeness (QED) is 0.772. The average molecular weight is 285 g/mol. The van der Waals surface area contributed by atoms with Crippen LogP contribution in [0.25, 0.3) is 0 Å². The highest BCUT2D eigenvalue weighted by molar-refractivity contribution is 6.35. The first-order valence-corrected chi connectivity index (χ1v) is 6.73. The van der Waals surface area contributed by atoms with E-state index in [1.54, 1.807) is 0 Å². The molecule has 1 aliphatic carbocycles. The zero-order valence-corrected chi connectivity index (χ0v) is 11.2. The fraction of sp³-hybridized carbons (Fsp3) is 0.538. The summed E-state index contributed by atoms with van der Waals surface area (Å²) >= 11 is 6.00. The molecule has 1 aliphatic rings. The second kappa shape index (κ2) is 6.21. The first-order chi connectivity index (χ1) is 9.13. The van der Waals surface area contributed by atoms with Crippen LogP contribution in [0.1, 0.15) is 29.6 Å². The molecule has 0 aliphatic heterocycles. The van der Waals surface area contributed by atoms with Crippen molar-refractivity contribution >= 4 is 23.4 Å². The van der Waals surface area contributed by atoms with Gasteiger partial charge in [-0.05, 0) is 30.7 Å².